The molecule has 0 unspecified atom stereocenters. The fourth-order valence-corrected chi connectivity index (χ4v) is 4.03. The van der Waals surface area contributed by atoms with Crippen LogP contribution in [0.25, 0.3) is 0 Å². The van der Waals surface area contributed by atoms with Crippen molar-refractivity contribution in [2.24, 2.45) is 5.92 Å². The van der Waals surface area contributed by atoms with Gasteiger partial charge in [0.05, 0.1) is 4.90 Å². The summed E-state index contributed by atoms with van der Waals surface area (Å²) in [5, 5.41) is 2.83. The third-order valence-corrected chi connectivity index (χ3v) is 6.44. The van der Waals surface area contributed by atoms with Gasteiger partial charge in [0.1, 0.15) is 12.4 Å². The quantitative estimate of drug-likeness (QED) is 0.703. The summed E-state index contributed by atoms with van der Waals surface area (Å²) in [5.74, 6) is -1.13. The minimum Gasteiger partial charge on any atom is -0.455 e. The van der Waals surface area contributed by atoms with Gasteiger partial charge in [-0.15, -0.1) is 0 Å². The Morgan fingerprint density at radius 1 is 1.19 bits per heavy atom. The molecule has 0 atom stereocenters. The Balaban J connectivity index is 1.79. The zero-order valence-corrected chi connectivity index (χ0v) is 16.3. The van der Waals surface area contributed by atoms with Crippen LogP contribution in [-0.4, -0.2) is 50.8 Å². The molecule has 27 heavy (non-hydrogen) atoms. The van der Waals surface area contributed by atoms with Crippen molar-refractivity contribution in [1.82, 2.24) is 9.62 Å². The molecule has 9 heteroatoms. The molecule has 1 aliphatic rings. The summed E-state index contributed by atoms with van der Waals surface area (Å²) < 4.78 is 43.2. The third-order valence-electron chi connectivity index (χ3n) is 4.62. The molecule has 1 fully saturated rings. The van der Waals surface area contributed by atoms with E-state index in [1.165, 1.54) is 7.05 Å². The van der Waals surface area contributed by atoms with Gasteiger partial charge in [0.25, 0.3) is 5.91 Å². The van der Waals surface area contributed by atoms with Crippen LogP contribution in [0.3, 0.4) is 0 Å². The van der Waals surface area contributed by atoms with Gasteiger partial charge in [-0.25, -0.2) is 12.8 Å². The molecule has 1 amide bonds. The minimum absolute atomic E-state index is 0.0916. The van der Waals surface area contributed by atoms with Gasteiger partial charge in [-0.3, -0.25) is 9.59 Å². The lowest BCUT2D eigenvalue weighted by molar-refractivity contribution is -0.148. The molecule has 0 aliphatic heterocycles. The zero-order chi connectivity index (χ0) is 20.0. The second-order valence-corrected chi connectivity index (χ2v) is 8.94. The molecule has 0 aromatic heterocycles. The van der Waals surface area contributed by atoms with E-state index in [0.717, 1.165) is 54.3 Å². The van der Waals surface area contributed by atoms with Crippen LogP contribution in [0.1, 0.15) is 32.6 Å². The predicted molar refractivity (Wildman–Crippen MR) is 96.7 cm³/mol. The number of carbonyl (C=O) groups is 2. The number of benzene rings is 1. The molecule has 150 valence electrons. The van der Waals surface area contributed by atoms with Crippen molar-refractivity contribution in [3.63, 3.8) is 0 Å². The van der Waals surface area contributed by atoms with Crippen LogP contribution in [0.2, 0.25) is 0 Å². The van der Waals surface area contributed by atoms with Gasteiger partial charge in [-0.05, 0) is 55.9 Å². The molecule has 0 heterocycles. The van der Waals surface area contributed by atoms with Crippen LogP contribution >= 0.6 is 0 Å². The first-order chi connectivity index (χ1) is 12.7. The second kappa shape index (κ2) is 9.27. The topological polar surface area (TPSA) is 92.8 Å². The summed E-state index contributed by atoms with van der Waals surface area (Å²) in [6.45, 7) is 1.18. The van der Waals surface area contributed by atoms with E-state index in [1.54, 1.807) is 0 Å². The summed E-state index contributed by atoms with van der Waals surface area (Å²) in [4.78, 5) is 23.6. The van der Waals surface area contributed by atoms with Crippen molar-refractivity contribution in [2.45, 2.75) is 43.5 Å². The first-order valence-corrected chi connectivity index (χ1v) is 10.3. The molecule has 1 saturated carbocycles. The van der Waals surface area contributed by atoms with Gasteiger partial charge in [-0.1, -0.05) is 6.92 Å². The molecule has 0 spiro atoms. The normalized spacial score (nSPS) is 20.3. The fraction of sp³-hybridized carbons (Fsp3) is 0.556. The number of halogens is 1. The van der Waals surface area contributed by atoms with E-state index in [1.807, 2.05) is 0 Å². The molecule has 1 aliphatic carbocycles. The molecule has 2 rings (SSSR count). The van der Waals surface area contributed by atoms with Crippen molar-refractivity contribution in [3.05, 3.63) is 30.1 Å². The van der Waals surface area contributed by atoms with Crippen molar-refractivity contribution in [3.8, 4) is 0 Å². The van der Waals surface area contributed by atoms with Gasteiger partial charge in [0, 0.05) is 13.1 Å². The Morgan fingerprint density at radius 3 is 2.37 bits per heavy atom. The Hall–Kier alpha value is -2.00. The highest BCUT2D eigenvalue weighted by Crippen LogP contribution is 2.23. The number of esters is 1. The monoisotopic (exact) mass is 400 g/mol. The van der Waals surface area contributed by atoms with Crippen LogP contribution in [0.5, 0.6) is 0 Å². The molecule has 1 aromatic rings. The number of carbonyl (C=O) groups excluding carboxylic acids is 2. The highest BCUT2D eigenvalue weighted by Gasteiger charge is 2.24. The molecule has 0 bridgehead atoms. The van der Waals surface area contributed by atoms with Crippen LogP contribution in [0.4, 0.5) is 4.39 Å². The zero-order valence-electron chi connectivity index (χ0n) is 15.5. The highest BCUT2D eigenvalue weighted by molar-refractivity contribution is 7.89. The molecule has 7 nitrogen and oxygen atoms in total. The number of ether oxygens (including phenoxy) is 1. The Morgan fingerprint density at radius 2 is 1.78 bits per heavy atom. The summed E-state index contributed by atoms with van der Waals surface area (Å²) in [6.07, 6.45) is 3.91. The lowest BCUT2D eigenvalue weighted by Gasteiger charge is -2.26. The molecule has 1 aromatic carbocycles. The molecule has 0 saturated heterocycles. The predicted octanol–water partition coefficient (Wildman–Crippen LogP) is 1.68. The van der Waals surface area contributed by atoms with Gasteiger partial charge in [0.15, 0.2) is 6.61 Å². The third kappa shape index (κ3) is 6.28. The summed E-state index contributed by atoms with van der Waals surface area (Å²) in [7, 11) is -2.74. The van der Waals surface area contributed by atoms with E-state index in [9.17, 15) is 22.4 Å². The number of rotatable bonds is 7. The van der Waals surface area contributed by atoms with Gasteiger partial charge in [0.2, 0.25) is 10.0 Å². The van der Waals surface area contributed by atoms with E-state index >= 15 is 0 Å². The first-order valence-electron chi connectivity index (χ1n) is 8.85. The number of nitrogens with zero attached hydrogens (tertiary/aromatic N) is 1. The maximum absolute atomic E-state index is 12.9. The van der Waals surface area contributed by atoms with Crippen LogP contribution in [0, 0.1) is 11.7 Å². The van der Waals surface area contributed by atoms with Crippen molar-refractivity contribution < 1.29 is 27.1 Å². The first kappa shape index (κ1) is 21.3. The number of hydrogen-bond acceptors (Lipinski definition) is 5. The average molecular weight is 400 g/mol. The number of hydrogen-bond donors (Lipinski definition) is 1. The maximum Gasteiger partial charge on any atom is 0.321 e. The number of likely N-dealkylation sites (N-methyl/N-ethyl adjacent to an activating group) is 1. The van der Waals surface area contributed by atoms with E-state index in [4.69, 9.17) is 4.74 Å². The number of amides is 1. The van der Waals surface area contributed by atoms with E-state index < -0.39 is 40.9 Å². The lowest BCUT2D eigenvalue weighted by Crippen LogP contribution is -2.40. The second-order valence-electron chi connectivity index (χ2n) is 6.90. The standard InChI is InChI=1S/C18H25FN2O5S/c1-13-3-7-15(8-4-13)20-17(22)12-26-18(23)11-21(2)27(24,25)16-9-5-14(19)6-10-16/h5-6,9-10,13,15H,3-4,7-8,11-12H2,1-2H3,(H,20,22). The summed E-state index contributed by atoms with van der Waals surface area (Å²) in [5.41, 5.74) is 0. The fourth-order valence-electron chi connectivity index (χ4n) is 2.92. The van der Waals surface area contributed by atoms with Gasteiger partial charge in [-0.2, -0.15) is 4.31 Å². The number of nitrogens with one attached hydrogen (secondary N) is 1. The summed E-state index contributed by atoms with van der Waals surface area (Å²) >= 11 is 0. The van der Waals surface area contributed by atoms with Crippen LogP contribution < -0.4 is 5.32 Å². The lowest BCUT2D eigenvalue weighted by atomic mass is 9.87. The molecule has 0 radical (unpaired) electrons. The molecular formula is C18H25FN2O5S. The van der Waals surface area contributed by atoms with E-state index in [0.29, 0.717) is 5.92 Å². The SMILES string of the molecule is CC1CCC(NC(=O)COC(=O)CN(C)S(=O)(=O)c2ccc(F)cc2)CC1. The van der Waals surface area contributed by atoms with Crippen LogP contribution in [0.15, 0.2) is 29.2 Å². The van der Waals surface area contributed by atoms with Crippen molar-refractivity contribution in [2.75, 3.05) is 20.2 Å². The van der Waals surface area contributed by atoms with Gasteiger partial charge < -0.3 is 10.1 Å². The Labute approximate surface area is 158 Å². The largest absolute Gasteiger partial charge is 0.455 e. The van der Waals surface area contributed by atoms with Crippen LogP contribution in [-0.2, 0) is 24.3 Å². The van der Waals surface area contributed by atoms with Gasteiger partial charge >= 0.3 is 5.97 Å². The maximum atomic E-state index is 12.9. The molecular weight excluding hydrogens is 375 g/mol. The Kier molecular flexibility index (Phi) is 7.32. The smallest absolute Gasteiger partial charge is 0.321 e. The molecule has 1 N–H and O–H groups in total. The summed E-state index contributed by atoms with van der Waals surface area (Å²) in [6, 6.07) is 4.37. The van der Waals surface area contributed by atoms with E-state index in [2.05, 4.69) is 12.2 Å². The highest BCUT2D eigenvalue weighted by atomic mass is 32.2. The Bertz CT molecular complexity index is 758. The minimum atomic E-state index is -3.95. The number of sulfonamides is 1. The van der Waals surface area contributed by atoms with E-state index in [-0.39, 0.29) is 10.9 Å². The van der Waals surface area contributed by atoms with Crippen molar-refractivity contribution >= 4 is 21.9 Å². The average Bonchev–Trinajstić information content (AvgIpc) is 2.62. The van der Waals surface area contributed by atoms with Crippen molar-refractivity contribution in [1.29, 1.82) is 0 Å².